The van der Waals surface area contributed by atoms with Crippen molar-refractivity contribution in [2.24, 2.45) is 0 Å². The number of sulfonamides is 1. The van der Waals surface area contributed by atoms with Gasteiger partial charge in [0.2, 0.25) is 15.9 Å². The average molecular weight is 443 g/mol. The van der Waals surface area contributed by atoms with Crippen molar-refractivity contribution in [3.63, 3.8) is 0 Å². The zero-order chi connectivity index (χ0) is 21.3. The van der Waals surface area contributed by atoms with Crippen LogP contribution in [0, 0.1) is 0 Å². The van der Waals surface area contributed by atoms with Crippen molar-refractivity contribution < 1.29 is 13.2 Å². The number of para-hydroxylation sites is 1. The normalized spacial score (nSPS) is 16.8. The maximum absolute atomic E-state index is 13.1. The zero-order valence-electron chi connectivity index (χ0n) is 16.6. The van der Waals surface area contributed by atoms with Gasteiger partial charge in [-0.2, -0.15) is 9.40 Å². The number of fused-ring (bicyclic) bond motifs is 1. The van der Waals surface area contributed by atoms with E-state index in [1.807, 2.05) is 43.5 Å². The van der Waals surface area contributed by atoms with Gasteiger partial charge in [-0.3, -0.25) is 4.79 Å². The van der Waals surface area contributed by atoms with Gasteiger partial charge < -0.3 is 5.32 Å². The van der Waals surface area contributed by atoms with E-state index in [2.05, 4.69) is 10.4 Å². The molecule has 0 saturated carbocycles. The molecule has 30 heavy (non-hydrogen) atoms. The van der Waals surface area contributed by atoms with Crippen LogP contribution in [-0.2, 0) is 21.4 Å². The third-order valence-corrected chi connectivity index (χ3v) is 7.77. The lowest BCUT2D eigenvalue weighted by atomic mass is 10.3. The summed E-state index contributed by atoms with van der Waals surface area (Å²) in [6.45, 7) is 2.16. The first-order chi connectivity index (χ1) is 14.3. The van der Waals surface area contributed by atoms with Gasteiger partial charge in [0, 0.05) is 41.9 Å². The first-order valence-electron chi connectivity index (χ1n) is 9.49. The molecule has 1 N–H and O–H groups in total. The minimum Gasteiger partial charge on any atom is -0.325 e. The van der Waals surface area contributed by atoms with Gasteiger partial charge >= 0.3 is 0 Å². The third-order valence-electron chi connectivity index (χ3n) is 4.80. The molecule has 0 unspecified atom stereocenters. The summed E-state index contributed by atoms with van der Waals surface area (Å²) in [5.74, 6) is -0.107. The highest BCUT2D eigenvalue weighted by Gasteiger charge is 2.25. The van der Waals surface area contributed by atoms with Crippen molar-refractivity contribution in [3.05, 3.63) is 66.5 Å². The van der Waals surface area contributed by atoms with E-state index in [-0.39, 0.29) is 22.6 Å². The van der Waals surface area contributed by atoms with E-state index in [9.17, 15) is 13.2 Å². The van der Waals surface area contributed by atoms with Crippen molar-refractivity contribution in [3.8, 4) is 5.69 Å². The van der Waals surface area contributed by atoms with Crippen LogP contribution in [0.5, 0.6) is 0 Å². The number of hydrogen-bond acceptors (Lipinski definition) is 5. The molecular weight excluding hydrogens is 420 g/mol. The average Bonchev–Trinajstić information content (AvgIpc) is 3.12. The predicted molar refractivity (Wildman–Crippen MR) is 117 cm³/mol. The molecule has 0 radical (unpaired) electrons. The van der Waals surface area contributed by atoms with E-state index in [4.69, 9.17) is 0 Å². The van der Waals surface area contributed by atoms with Crippen LogP contribution in [0.1, 0.15) is 18.9 Å². The molecule has 1 aliphatic heterocycles. The molecule has 2 aromatic carbocycles. The lowest BCUT2D eigenvalue weighted by molar-refractivity contribution is -0.116. The molecule has 0 saturated heterocycles. The Morgan fingerprint density at radius 1 is 1.23 bits per heavy atom. The summed E-state index contributed by atoms with van der Waals surface area (Å²) in [7, 11) is -2.20. The summed E-state index contributed by atoms with van der Waals surface area (Å²) in [5.41, 5.74) is 2.22. The topological polar surface area (TPSA) is 84.3 Å². The van der Waals surface area contributed by atoms with Crippen LogP contribution in [0.15, 0.2) is 70.7 Å². The standard InChI is InChI=1S/C21H22N4O3S2/c1-15-10-21(26)23-19-11-18(8-9-20(19)29-15)30(27,28)24(2)13-16-12-22-25(14-16)17-6-4-3-5-7-17/h3-9,11-12,14-15H,10,13H2,1-2H3,(H,23,26)/t15-/m1/s1. The number of nitrogens with zero attached hydrogens (tertiary/aromatic N) is 3. The number of aromatic nitrogens is 2. The monoisotopic (exact) mass is 442 g/mol. The second-order valence-corrected chi connectivity index (χ2v) is 10.8. The lowest BCUT2D eigenvalue weighted by Crippen LogP contribution is -2.26. The van der Waals surface area contributed by atoms with Gasteiger partial charge in [-0.05, 0) is 30.3 Å². The molecule has 0 spiro atoms. The summed E-state index contributed by atoms with van der Waals surface area (Å²) in [4.78, 5) is 13.0. The number of thioether (sulfide) groups is 1. The van der Waals surface area contributed by atoms with Crippen molar-refractivity contribution in [1.29, 1.82) is 0 Å². The molecule has 7 nitrogen and oxygen atoms in total. The SMILES string of the molecule is C[C@@H]1CC(=O)Nc2cc(S(=O)(=O)N(C)Cc3cnn(-c4ccccc4)c3)ccc2S1. The Bertz CT molecular complexity index is 1180. The highest BCUT2D eigenvalue weighted by atomic mass is 32.2. The van der Waals surface area contributed by atoms with Crippen LogP contribution in [0.25, 0.3) is 5.69 Å². The number of benzene rings is 2. The molecule has 1 amide bonds. The van der Waals surface area contributed by atoms with Crippen LogP contribution >= 0.6 is 11.8 Å². The van der Waals surface area contributed by atoms with Crippen LogP contribution in [-0.4, -0.2) is 40.7 Å². The molecule has 156 valence electrons. The Labute approximate surface area is 180 Å². The van der Waals surface area contributed by atoms with Gasteiger partial charge in [0.05, 0.1) is 22.5 Å². The quantitative estimate of drug-likeness (QED) is 0.654. The summed E-state index contributed by atoms with van der Waals surface area (Å²) in [6.07, 6.45) is 3.87. The molecular formula is C21H22N4O3S2. The van der Waals surface area contributed by atoms with Crippen LogP contribution in [0.4, 0.5) is 5.69 Å². The van der Waals surface area contributed by atoms with E-state index in [0.717, 1.165) is 16.1 Å². The number of rotatable bonds is 5. The largest absolute Gasteiger partial charge is 0.325 e. The van der Waals surface area contributed by atoms with Crippen molar-refractivity contribution in [1.82, 2.24) is 14.1 Å². The summed E-state index contributed by atoms with van der Waals surface area (Å²) < 4.78 is 29.2. The smallest absolute Gasteiger partial charge is 0.243 e. The van der Waals surface area contributed by atoms with E-state index >= 15 is 0 Å². The fourth-order valence-electron chi connectivity index (χ4n) is 3.28. The molecule has 4 rings (SSSR count). The second kappa shape index (κ2) is 8.25. The highest BCUT2D eigenvalue weighted by Crippen LogP contribution is 2.36. The summed E-state index contributed by atoms with van der Waals surface area (Å²) in [5, 5.41) is 7.28. The summed E-state index contributed by atoms with van der Waals surface area (Å²) in [6, 6.07) is 14.5. The first kappa shape index (κ1) is 20.6. The Kier molecular flexibility index (Phi) is 5.68. The Morgan fingerprint density at radius 2 is 2.00 bits per heavy atom. The maximum Gasteiger partial charge on any atom is 0.243 e. The molecule has 2 heterocycles. The fraction of sp³-hybridized carbons (Fsp3) is 0.238. The minimum absolute atomic E-state index is 0.107. The van der Waals surface area contributed by atoms with E-state index < -0.39 is 10.0 Å². The third kappa shape index (κ3) is 4.28. The number of nitrogens with one attached hydrogen (secondary N) is 1. The van der Waals surface area contributed by atoms with Crippen molar-refractivity contribution >= 4 is 33.4 Å². The van der Waals surface area contributed by atoms with Crippen LogP contribution in [0.2, 0.25) is 0 Å². The van der Waals surface area contributed by atoms with Crippen molar-refractivity contribution in [2.75, 3.05) is 12.4 Å². The van der Waals surface area contributed by atoms with Gasteiger partial charge in [0.15, 0.2) is 0 Å². The molecule has 0 bridgehead atoms. The first-order valence-corrected chi connectivity index (χ1v) is 11.8. The lowest BCUT2D eigenvalue weighted by Gasteiger charge is -2.17. The Balaban J connectivity index is 1.55. The number of carbonyl (C=O) groups excluding carboxylic acids is 1. The maximum atomic E-state index is 13.1. The van der Waals surface area contributed by atoms with E-state index in [1.165, 1.54) is 17.4 Å². The number of amides is 1. The molecule has 1 atom stereocenters. The number of hydrogen-bond donors (Lipinski definition) is 1. The van der Waals surface area contributed by atoms with Crippen LogP contribution in [0.3, 0.4) is 0 Å². The molecule has 9 heteroatoms. The number of carbonyl (C=O) groups is 1. The predicted octanol–water partition coefficient (Wildman–Crippen LogP) is 3.52. The van der Waals surface area contributed by atoms with Gasteiger partial charge in [0.25, 0.3) is 0 Å². The van der Waals surface area contributed by atoms with Crippen LogP contribution < -0.4 is 5.32 Å². The second-order valence-electron chi connectivity index (χ2n) is 7.23. The van der Waals surface area contributed by atoms with E-state index in [1.54, 1.807) is 34.8 Å². The zero-order valence-corrected chi connectivity index (χ0v) is 18.3. The van der Waals surface area contributed by atoms with Gasteiger partial charge in [-0.1, -0.05) is 25.1 Å². The fourth-order valence-corrected chi connectivity index (χ4v) is 5.51. The molecule has 3 aromatic rings. The van der Waals surface area contributed by atoms with Crippen molar-refractivity contribution in [2.45, 2.75) is 34.9 Å². The van der Waals surface area contributed by atoms with Gasteiger partial charge in [-0.25, -0.2) is 13.1 Å². The minimum atomic E-state index is -3.73. The Morgan fingerprint density at radius 3 is 2.77 bits per heavy atom. The van der Waals surface area contributed by atoms with Gasteiger partial charge in [0.1, 0.15) is 0 Å². The molecule has 1 aliphatic rings. The molecule has 0 fully saturated rings. The summed E-state index contributed by atoms with van der Waals surface area (Å²) >= 11 is 1.56. The number of anilines is 1. The molecule has 0 aliphatic carbocycles. The van der Waals surface area contributed by atoms with Gasteiger partial charge in [-0.15, -0.1) is 11.8 Å². The Hall–Kier alpha value is -2.62. The highest BCUT2D eigenvalue weighted by molar-refractivity contribution is 8.00. The molecule has 1 aromatic heterocycles. The van der Waals surface area contributed by atoms with E-state index in [0.29, 0.717) is 12.1 Å².